The van der Waals surface area contributed by atoms with Crippen molar-refractivity contribution in [1.82, 2.24) is 14.9 Å². The number of phenols is 1. The molecule has 4 aliphatic rings. The highest BCUT2D eigenvalue weighted by atomic mass is 19.1. The molecule has 0 atom stereocenters. The second-order valence-corrected chi connectivity index (χ2v) is 12.1. The van der Waals surface area contributed by atoms with Crippen LogP contribution in [0.2, 0.25) is 0 Å². The maximum atomic E-state index is 14.9. The number of phenolic OH excluding ortho intramolecular Hbond substituents is 1. The number of rotatable bonds is 6. The topological polar surface area (TPSA) is 82.0 Å². The second-order valence-electron chi connectivity index (χ2n) is 12.1. The molecule has 1 aromatic heterocycles. The van der Waals surface area contributed by atoms with Crippen molar-refractivity contribution in [2.24, 2.45) is 0 Å². The molecule has 3 fully saturated rings. The first-order valence-corrected chi connectivity index (χ1v) is 15.3. The van der Waals surface area contributed by atoms with Gasteiger partial charge >= 0.3 is 6.01 Å². The molecule has 3 saturated heterocycles. The van der Waals surface area contributed by atoms with Crippen LogP contribution in [0, 0.1) is 5.82 Å². The van der Waals surface area contributed by atoms with E-state index in [1.54, 1.807) is 23.1 Å². The van der Waals surface area contributed by atoms with E-state index in [0.29, 0.717) is 58.1 Å². The highest BCUT2D eigenvalue weighted by Crippen LogP contribution is 2.42. The smallest absolute Gasteiger partial charge is 0.318 e. The number of aromatic hydroxyl groups is 1. The van der Waals surface area contributed by atoms with Crippen molar-refractivity contribution in [3.8, 4) is 11.8 Å². The van der Waals surface area contributed by atoms with Gasteiger partial charge in [0, 0.05) is 24.5 Å². The summed E-state index contributed by atoms with van der Waals surface area (Å²) in [4.78, 5) is 30.3. The second kappa shape index (κ2) is 10.4. The third-order valence-electron chi connectivity index (χ3n) is 9.67. The molecule has 9 heteroatoms. The molecule has 0 radical (unpaired) electrons. The number of ether oxygens (including phenoxy) is 1. The Bertz CT molecular complexity index is 1490. The number of carbonyl (C=O) groups is 1. The van der Waals surface area contributed by atoms with Crippen LogP contribution >= 0.6 is 0 Å². The summed E-state index contributed by atoms with van der Waals surface area (Å²) in [5.74, 6) is 0.132. The van der Waals surface area contributed by atoms with Crippen LogP contribution in [0.1, 0.15) is 79.9 Å². The summed E-state index contributed by atoms with van der Waals surface area (Å²) >= 11 is 0. The molecule has 5 heterocycles. The van der Waals surface area contributed by atoms with E-state index in [4.69, 9.17) is 14.7 Å². The van der Waals surface area contributed by atoms with Crippen molar-refractivity contribution in [3.63, 3.8) is 0 Å². The Morgan fingerprint density at radius 1 is 1.00 bits per heavy atom. The fourth-order valence-corrected chi connectivity index (χ4v) is 7.63. The number of aromatic nitrogens is 2. The molecule has 1 amide bonds. The van der Waals surface area contributed by atoms with Gasteiger partial charge in [0.05, 0.1) is 23.5 Å². The number of halogens is 1. The van der Waals surface area contributed by atoms with Crippen LogP contribution in [0.3, 0.4) is 0 Å². The summed E-state index contributed by atoms with van der Waals surface area (Å²) in [5.41, 5.74) is 2.20. The first-order chi connectivity index (χ1) is 20.0. The predicted octanol–water partition coefficient (Wildman–Crippen LogP) is 5.58. The van der Waals surface area contributed by atoms with Crippen molar-refractivity contribution < 1.29 is 19.0 Å². The number of fused-ring (bicyclic) bond motifs is 3. The van der Waals surface area contributed by atoms with E-state index in [2.05, 4.69) is 9.80 Å². The van der Waals surface area contributed by atoms with Crippen LogP contribution in [-0.4, -0.2) is 64.2 Å². The minimum Gasteiger partial charge on any atom is -0.508 e. The van der Waals surface area contributed by atoms with Gasteiger partial charge < -0.3 is 19.6 Å². The molecule has 0 spiro atoms. The minimum atomic E-state index is -0.316. The molecular formula is C32H38FN5O3. The van der Waals surface area contributed by atoms with Gasteiger partial charge in [-0.15, -0.1) is 0 Å². The molecule has 41 heavy (non-hydrogen) atoms. The number of nitrogens with zero attached hydrogens (tertiary/aromatic N) is 5. The average molecular weight is 560 g/mol. The minimum absolute atomic E-state index is 0.0321. The highest BCUT2D eigenvalue weighted by Gasteiger charge is 2.45. The molecule has 0 aliphatic carbocycles. The Hall–Kier alpha value is -3.46. The summed E-state index contributed by atoms with van der Waals surface area (Å²) in [7, 11) is 0. The van der Waals surface area contributed by atoms with E-state index in [-0.39, 0.29) is 29.6 Å². The van der Waals surface area contributed by atoms with Crippen LogP contribution < -0.4 is 14.5 Å². The van der Waals surface area contributed by atoms with Gasteiger partial charge in [0.15, 0.2) is 0 Å². The maximum Gasteiger partial charge on any atom is 0.318 e. The van der Waals surface area contributed by atoms with E-state index in [9.17, 15) is 14.3 Å². The van der Waals surface area contributed by atoms with E-state index < -0.39 is 0 Å². The molecule has 7 rings (SSSR count). The van der Waals surface area contributed by atoms with Crippen LogP contribution in [0.4, 0.5) is 15.9 Å². The third kappa shape index (κ3) is 4.49. The Morgan fingerprint density at radius 2 is 1.76 bits per heavy atom. The summed E-state index contributed by atoms with van der Waals surface area (Å²) < 4.78 is 21.3. The lowest BCUT2D eigenvalue weighted by atomic mass is 9.95. The molecule has 4 aliphatic heterocycles. The first kappa shape index (κ1) is 26.4. The quantitative estimate of drug-likeness (QED) is 0.422. The van der Waals surface area contributed by atoms with E-state index in [1.807, 2.05) is 6.92 Å². The number of amides is 1. The lowest BCUT2D eigenvalue weighted by Crippen LogP contribution is -2.43. The number of hydrogen-bond acceptors (Lipinski definition) is 7. The Labute approximate surface area is 240 Å². The highest BCUT2D eigenvalue weighted by molar-refractivity contribution is 6.16. The van der Waals surface area contributed by atoms with Gasteiger partial charge in [0.25, 0.3) is 5.91 Å². The Kier molecular flexibility index (Phi) is 6.72. The van der Waals surface area contributed by atoms with Crippen LogP contribution in [-0.2, 0) is 13.0 Å². The van der Waals surface area contributed by atoms with Crippen molar-refractivity contribution in [2.75, 3.05) is 42.6 Å². The largest absolute Gasteiger partial charge is 0.508 e. The van der Waals surface area contributed by atoms with Crippen LogP contribution in [0.15, 0.2) is 24.3 Å². The number of aryl methyl sites for hydroxylation is 1. The number of anilines is 2. The van der Waals surface area contributed by atoms with Gasteiger partial charge in [0.2, 0.25) is 0 Å². The van der Waals surface area contributed by atoms with Gasteiger partial charge in [-0.05, 0) is 81.1 Å². The zero-order chi connectivity index (χ0) is 28.1. The Morgan fingerprint density at radius 3 is 2.49 bits per heavy atom. The molecule has 0 bridgehead atoms. The van der Waals surface area contributed by atoms with E-state index in [0.717, 1.165) is 64.7 Å². The standard InChI is InChI=1S/C32H38FN5O3/c1-2-23-24(33)10-9-21-17-22(39)18-26(27(21)23)38-19-25-28(30(38)40)29(36-13-5-3-4-6-14-36)35-31(34-25)41-20-32-11-7-15-37(32)16-8-12-32/h9-10,17-18,39H,2-8,11-16,19-20H2,1H3. The lowest BCUT2D eigenvalue weighted by molar-refractivity contribution is 0.0996. The van der Waals surface area contributed by atoms with Crippen molar-refractivity contribution in [3.05, 3.63) is 46.9 Å². The van der Waals surface area contributed by atoms with Gasteiger partial charge in [-0.2, -0.15) is 9.97 Å². The predicted molar refractivity (Wildman–Crippen MR) is 156 cm³/mol. The average Bonchev–Trinajstić information content (AvgIpc) is 3.56. The molecule has 2 aromatic carbocycles. The fraction of sp³-hybridized carbons (Fsp3) is 0.531. The molecule has 3 aromatic rings. The molecule has 0 unspecified atom stereocenters. The monoisotopic (exact) mass is 559 g/mol. The summed E-state index contributed by atoms with van der Waals surface area (Å²) in [6.45, 7) is 6.56. The van der Waals surface area contributed by atoms with Crippen molar-refractivity contribution in [2.45, 2.75) is 76.8 Å². The van der Waals surface area contributed by atoms with Gasteiger partial charge in [-0.25, -0.2) is 4.39 Å². The van der Waals surface area contributed by atoms with Gasteiger partial charge in [-0.1, -0.05) is 25.8 Å². The number of hydrogen-bond donors (Lipinski definition) is 1. The van der Waals surface area contributed by atoms with Crippen molar-refractivity contribution in [1.29, 1.82) is 0 Å². The lowest BCUT2D eigenvalue weighted by Gasteiger charge is -2.31. The zero-order valence-corrected chi connectivity index (χ0v) is 23.8. The van der Waals surface area contributed by atoms with Crippen molar-refractivity contribution >= 4 is 28.2 Å². The number of benzene rings is 2. The molecule has 216 valence electrons. The zero-order valence-electron chi connectivity index (χ0n) is 23.8. The molecule has 0 saturated carbocycles. The van der Waals surface area contributed by atoms with Gasteiger partial charge in [0.1, 0.15) is 29.6 Å². The van der Waals surface area contributed by atoms with E-state index in [1.165, 1.54) is 18.9 Å². The van der Waals surface area contributed by atoms with E-state index >= 15 is 0 Å². The molecular weight excluding hydrogens is 521 g/mol. The van der Waals surface area contributed by atoms with Crippen LogP contribution in [0.25, 0.3) is 10.8 Å². The normalized spacial score (nSPS) is 20.5. The summed E-state index contributed by atoms with van der Waals surface area (Å²) in [5, 5.41) is 11.9. The molecule has 1 N–H and O–H groups in total. The number of carbonyl (C=O) groups excluding carboxylic acids is 1. The first-order valence-electron chi connectivity index (χ1n) is 15.3. The third-order valence-corrected chi connectivity index (χ3v) is 9.67. The van der Waals surface area contributed by atoms with Crippen LogP contribution in [0.5, 0.6) is 11.8 Å². The SMILES string of the molecule is CCc1c(F)ccc2cc(O)cc(N3Cc4nc(OCC56CCCN5CCC6)nc(N5CCCCCC5)c4C3=O)c12. The van der Waals surface area contributed by atoms with Gasteiger partial charge in [-0.3, -0.25) is 9.69 Å². The maximum absolute atomic E-state index is 14.9. The summed E-state index contributed by atoms with van der Waals surface area (Å²) in [6, 6.07) is 6.59. The fourth-order valence-electron chi connectivity index (χ4n) is 7.63. The molecule has 8 nitrogen and oxygen atoms in total. The summed E-state index contributed by atoms with van der Waals surface area (Å²) in [6.07, 6.45) is 9.50. The Balaban J connectivity index is 1.30.